The van der Waals surface area contributed by atoms with Crippen molar-refractivity contribution in [2.75, 3.05) is 11.4 Å². The van der Waals surface area contributed by atoms with Crippen LogP contribution in [0.15, 0.2) is 53.5 Å². The minimum atomic E-state index is -0.634. The lowest BCUT2D eigenvalue weighted by molar-refractivity contribution is -0.385. The maximum atomic E-state index is 12.5. The molecule has 8 heteroatoms. The predicted molar refractivity (Wildman–Crippen MR) is 86.4 cm³/mol. The van der Waals surface area contributed by atoms with E-state index in [-0.39, 0.29) is 25.2 Å². The summed E-state index contributed by atoms with van der Waals surface area (Å²) in [6.45, 7) is -0.177. The number of benzene rings is 1. The smallest absolute Gasteiger partial charge is 0.285 e. The van der Waals surface area contributed by atoms with Crippen LogP contribution in [0.5, 0.6) is 0 Å². The van der Waals surface area contributed by atoms with Gasteiger partial charge in [0.05, 0.1) is 23.6 Å². The molecule has 2 aromatic rings. The Morgan fingerprint density at radius 3 is 2.58 bits per heavy atom. The number of anilines is 1. The first-order valence-electron chi connectivity index (χ1n) is 7.10. The summed E-state index contributed by atoms with van der Waals surface area (Å²) in [5.74, 6) is -0.431. The van der Waals surface area contributed by atoms with Gasteiger partial charge < -0.3 is 4.90 Å². The minimum Gasteiger partial charge on any atom is -0.310 e. The van der Waals surface area contributed by atoms with Gasteiger partial charge >= 0.3 is 0 Å². The van der Waals surface area contributed by atoms with E-state index in [4.69, 9.17) is 5.26 Å². The van der Waals surface area contributed by atoms with Gasteiger partial charge in [0.1, 0.15) is 6.54 Å². The summed E-state index contributed by atoms with van der Waals surface area (Å²) in [6, 6.07) is 12.8. The molecule has 0 bridgehead atoms. The molecule has 8 nitrogen and oxygen atoms in total. The fraction of sp³-hybridized carbons (Fsp3) is 0.188. The van der Waals surface area contributed by atoms with Crippen molar-refractivity contribution in [1.82, 2.24) is 4.57 Å². The molecule has 0 unspecified atom stereocenters. The van der Waals surface area contributed by atoms with E-state index in [2.05, 4.69) is 0 Å². The van der Waals surface area contributed by atoms with Crippen LogP contribution in [0.1, 0.15) is 6.42 Å². The van der Waals surface area contributed by atoms with Crippen molar-refractivity contribution in [2.45, 2.75) is 13.0 Å². The zero-order valence-corrected chi connectivity index (χ0v) is 12.7. The third-order valence-corrected chi connectivity index (χ3v) is 3.30. The highest BCUT2D eigenvalue weighted by Gasteiger charge is 2.17. The van der Waals surface area contributed by atoms with Gasteiger partial charge in [-0.1, -0.05) is 18.2 Å². The van der Waals surface area contributed by atoms with E-state index < -0.39 is 16.4 Å². The molecule has 122 valence electrons. The Morgan fingerprint density at radius 2 is 1.96 bits per heavy atom. The van der Waals surface area contributed by atoms with Gasteiger partial charge in [-0.2, -0.15) is 5.26 Å². The summed E-state index contributed by atoms with van der Waals surface area (Å²) in [6.07, 6.45) is 1.16. The van der Waals surface area contributed by atoms with Crippen LogP contribution in [-0.4, -0.2) is 21.9 Å². The number of rotatable bonds is 6. The van der Waals surface area contributed by atoms with E-state index in [1.54, 1.807) is 30.3 Å². The van der Waals surface area contributed by atoms with Crippen molar-refractivity contribution >= 4 is 17.3 Å². The van der Waals surface area contributed by atoms with Crippen molar-refractivity contribution in [1.29, 1.82) is 5.26 Å². The number of pyridine rings is 1. The first kappa shape index (κ1) is 16.9. The minimum absolute atomic E-state index is 0.129. The second-order valence-corrected chi connectivity index (χ2v) is 4.90. The first-order chi connectivity index (χ1) is 11.5. The number of nitro groups is 1. The quantitative estimate of drug-likeness (QED) is 0.593. The summed E-state index contributed by atoms with van der Waals surface area (Å²) in [4.78, 5) is 35.9. The highest BCUT2D eigenvalue weighted by atomic mass is 16.6. The molecule has 0 aliphatic heterocycles. The van der Waals surface area contributed by atoms with Crippen LogP contribution in [0.3, 0.4) is 0 Å². The van der Waals surface area contributed by atoms with Gasteiger partial charge in [-0.05, 0) is 12.1 Å². The van der Waals surface area contributed by atoms with Crippen LogP contribution in [0.25, 0.3) is 0 Å². The monoisotopic (exact) mass is 326 g/mol. The largest absolute Gasteiger partial charge is 0.310 e. The molecule has 0 saturated heterocycles. The molecular weight excluding hydrogens is 312 g/mol. The molecule has 0 radical (unpaired) electrons. The Hall–Kier alpha value is -3.47. The Kier molecular flexibility index (Phi) is 5.41. The molecule has 0 aliphatic carbocycles. The highest BCUT2D eigenvalue weighted by Crippen LogP contribution is 2.15. The molecule has 1 amide bonds. The zero-order valence-electron chi connectivity index (χ0n) is 12.7. The standard InChI is InChI=1S/C16H14N4O4/c17-9-4-10-19(13-5-2-1-3-6-13)16(22)12-18-11-14(20(23)24)7-8-15(18)21/h1-3,5-8,11H,4,10,12H2. The molecule has 2 rings (SSSR count). The number of hydrogen-bond donors (Lipinski definition) is 0. The van der Waals surface area contributed by atoms with Crippen molar-refractivity contribution < 1.29 is 9.72 Å². The van der Waals surface area contributed by atoms with E-state index in [0.717, 1.165) is 22.9 Å². The summed E-state index contributed by atoms with van der Waals surface area (Å²) in [5.41, 5.74) is -0.191. The Morgan fingerprint density at radius 1 is 1.25 bits per heavy atom. The van der Waals surface area contributed by atoms with Gasteiger partial charge in [-0.25, -0.2) is 0 Å². The van der Waals surface area contributed by atoms with Crippen molar-refractivity contribution in [3.8, 4) is 6.07 Å². The van der Waals surface area contributed by atoms with E-state index in [0.29, 0.717) is 5.69 Å². The summed E-state index contributed by atoms with van der Waals surface area (Å²) in [5, 5.41) is 19.6. The number of aromatic nitrogens is 1. The second kappa shape index (κ2) is 7.69. The third kappa shape index (κ3) is 4.04. The average Bonchev–Trinajstić information content (AvgIpc) is 2.58. The summed E-state index contributed by atoms with van der Waals surface area (Å²) >= 11 is 0. The van der Waals surface area contributed by atoms with Gasteiger partial charge in [0, 0.05) is 24.4 Å². The van der Waals surface area contributed by atoms with Crippen LogP contribution < -0.4 is 10.5 Å². The number of nitrogens with zero attached hydrogens (tertiary/aromatic N) is 4. The van der Waals surface area contributed by atoms with Gasteiger partial charge in [0.2, 0.25) is 5.91 Å². The Labute approximate surface area is 137 Å². The lowest BCUT2D eigenvalue weighted by Crippen LogP contribution is -2.37. The Bertz CT molecular complexity index is 839. The number of carbonyl (C=O) groups excluding carboxylic acids is 1. The lowest BCUT2D eigenvalue weighted by atomic mass is 10.2. The predicted octanol–water partition coefficient (Wildman–Crippen LogP) is 1.70. The average molecular weight is 326 g/mol. The Balaban J connectivity index is 2.28. The highest BCUT2D eigenvalue weighted by molar-refractivity contribution is 5.93. The molecule has 0 atom stereocenters. The molecule has 0 saturated carbocycles. The van der Waals surface area contributed by atoms with Gasteiger partial charge in [0.15, 0.2) is 0 Å². The van der Waals surface area contributed by atoms with Gasteiger partial charge in [-0.3, -0.25) is 24.3 Å². The van der Waals surface area contributed by atoms with Crippen LogP contribution >= 0.6 is 0 Å². The van der Waals surface area contributed by atoms with E-state index in [9.17, 15) is 19.7 Å². The van der Waals surface area contributed by atoms with Gasteiger partial charge in [-0.15, -0.1) is 0 Å². The topological polar surface area (TPSA) is 109 Å². The maximum absolute atomic E-state index is 12.5. The SMILES string of the molecule is N#CCCN(C(=O)Cn1cc([N+](=O)[O-])ccc1=O)c1ccccc1. The first-order valence-corrected chi connectivity index (χ1v) is 7.10. The zero-order chi connectivity index (χ0) is 17.5. The normalized spacial score (nSPS) is 9.96. The molecule has 0 N–H and O–H groups in total. The number of para-hydroxylation sites is 1. The molecule has 1 aromatic carbocycles. The van der Waals surface area contributed by atoms with Crippen LogP contribution in [0, 0.1) is 21.4 Å². The molecular formula is C16H14N4O4. The lowest BCUT2D eigenvalue weighted by Gasteiger charge is -2.22. The second-order valence-electron chi connectivity index (χ2n) is 4.90. The molecule has 0 spiro atoms. The molecule has 1 aromatic heterocycles. The number of carbonyl (C=O) groups is 1. The maximum Gasteiger partial charge on any atom is 0.285 e. The molecule has 0 aliphatic rings. The third-order valence-electron chi connectivity index (χ3n) is 3.30. The van der Waals surface area contributed by atoms with Crippen LogP contribution in [0.4, 0.5) is 11.4 Å². The molecule has 0 fully saturated rings. The summed E-state index contributed by atoms with van der Waals surface area (Å²) < 4.78 is 0.989. The molecule has 1 heterocycles. The van der Waals surface area contributed by atoms with E-state index in [1.807, 2.05) is 6.07 Å². The van der Waals surface area contributed by atoms with Crippen molar-refractivity contribution in [2.24, 2.45) is 0 Å². The fourth-order valence-electron chi connectivity index (χ4n) is 2.15. The van der Waals surface area contributed by atoms with Crippen molar-refractivity contribution in [3.63, 3.8) is 0 Å². The van der Waals surface area contributed by atoms with E-state index in [1.165, 1.54) is 4.90 Å². The van der Waals surface area contributed by atoms with Crippen LogP contribution in [-0.2, 0) is 11.3 Å². The number of hydrogen-bond acceptors (Lipinski definition) is 5. The molecule has 24 heavy (non-hydrogen) atoms. The summed E-state index contributed by atoms with van der Waals surface area (Å²) in [7, 11) is 0. The fourth-order valence-corrected chi connectivity index (χ4v) is 2.15. The van der Waals surface area contributed by atoms with E-state index >= 15 is 0 Å². The van der Waals surface area contributed by atoms with Crippen molar-refractivity contribution in [3.05, 3.63) is 69.1 Å². The van der Waals surface area contributed by atoms with Crippen LogP contribution in [0.2, 0.25) is 0 Å². The number of amides is 1. The number of nitriles is 1. The van der Waals surface area contributed by atoms with Gasteiger partial charge in [0.25, 0.3) is 11.2 Å².